The van der Waals surface area contributed by atoms with E-state index >= 15 is 0 Å². The molecular formula is C18H11F3N4OS. The van der Waals surface area contributed by atoms with Crippen LogP contribution in [0.4, 0.5) is 18.3 Å². The summed E-state index contributed by atoms with van der Waals surface area (Å²) in [5.74, 6) is -1.16. The van der Waals surface area contributed by atoms with E-state index in [1.807, 2.05) is 0 Å². The second kappa shape index (κ2) is 6.84. The number of amides is 1. The fourth-order valence-electron chi connectivity index (χ4n) is 2.78. The van der Waals surface area contributed by atoms with Crippen molar-refractivity contribution in [1.29, 1.82) is 0 Å². The summed E-state index contributed by atoms with van der Waals surface area (Å²) in [5, 5.41) is 4.83. The maximum atomic E-state index is 13.4. The number of para-hydroxylation sites is 1. The van der Waals surface area contributed by atoms with Crippen LogP contribution in [-0.2, 0) is 0 Å². The van der Waals surface area contributed by atoms with Crippen molar-refractivity contribution in [2.45, 2.75) is 6.43 Å². The first-order valence-corrected chi connectivity index (χ1v) is 8.67. The van der Waals surface area contributed by atoms with Crippen molar-refractivity contribution in [2.75, 3.05) is 5.32 Å². The number of aromatic nitrogens is 3. The zero-order valence-electron chi connectivity index (χ0n) is 13.6. The number of anilines is 1. The minimum absolute atomic E-state index is 0.103. The van der Waals surface area contributed by atoms with Crippen LogP contribution in [0.25, 0.3) is 16.7 Å². The van der Waals surface area contributed by atoms with Crippen molar-refractivity contribution < 1.29 is 18.0 Å². The summed E-state index contributed by atoms with van der Waals surface area (Å²) >= 11 is 1.27. The molecule has 0 aliphatic heterocycles. The van der Waals surface area contributed by atoms with E-state index in [1.54, 1.807) is 29.8 Å². The van der Waals surface area contributed by atoms with Gasteiger partial charge >= 0.3 is 0 Å². The van der Waals surface area contributed by atoms with Crippen LogP contribution >= 0.6 is 11.3 Å². The van der Waals surface area contributed by atoms with Gasteiger partial charge in [0, 0.05) is 17.1 Å². The van der Waals surface area contributed by atoms with Crippen LogP contribution in [0.2, 0.25) is 0 Å². The number of alkyl halides is 2. The number of nitrogens with one attached hydrogen (secondary N) is 1. The molecule has 0 spiro atoms. The number of fused-ring (bicyclic) bond motifs is 1. The predicted molar refractivity (Wildman–Crippen MR) is 96.1 cm³/mol. The molecule has 0 saturated heterocycles. The van der Waals surface area contributed by atoms with Gasteiger partial charge in [0.25, 0.3) is 12.3 Å². The smallest absolute Gasteiger partial charge is 0.265 e. The molecule has 0 unspecified atom stereocenters. The van der Waals surface area contributed by atoms with Gasteiger partial charge < -0.3 is 0 Å². The van der Waals surface area contributed by atoms with Crippen LogP contribution in [0.5, 0.6) is 0 Å². The molecule has 4 rings (SSSR count). The summed E-state index contributed by atoms with van der Waals surface area (Å²) in [5.41, 5.74) is 0.729. The van der Waals surface area contributed by atoms with E-state index in [4.69, 9.17) is 0 Å². The fourth-order valence-corrected chi connectivity index (χ4v) is 3.31. The lowest BCUT2D eigenvalue weighted by Gasteiger charge is -2.11. The Morgan fingerprint density at radius 2 is 2.04 bits per heavy atom. The highest BCUT2D eigenvalue weighted by Gasteiger charge is 2.19. The van der Waals surface area contributed by atoms with Gasteiger partial charge in [0.05, 0.1) is 16.8 Å². The lowest BCUT2D eigenvalue weighted by Crippen LogP contribution is -2.12. The standard InChI is InChI=1S/C18H11F3N4OS/c19-10-4-5-13(12(8-10)16(20)21)25-9-23-15-11(2-1-3-14(15)25)17(26)24-18-22-6-7-27-18/h1-9,16H,(H,22,24,26). The molecule has 0 aliphatic carbocycles. The first kappa shape index (κ1) is 17.2. The predicted octanol–water partition coefficient (Wildman–Crippen LogP) is 4.81. The largest absolute Gasteiger partial charge is 0.298 e. The van der Waals surface area contributed by atoms with E-state index in [-0.39, 0.29) is 11.3 Å². The summed E-state index contributed by atoms with van der Waals surface area (Å²) in [4.78, 5) is 20.7. The molecule has 9 heteroatoms. The number of imidazole rings is 1. The second-order valence-electron chi connectivity index (χ2n) is 5.58. The molecule has 136 valence electrons. The van der Waals surface area contributed by atoms with Crippen molar-refractivity contribution in [1.82, 2.24) is 14.5 Å². The van der Waals surface area contributed by atoms with Gasteiger partial charge in [-0.3, -0.25) is 14.7 Å². The highest BCUT2D eigenvalue weighted by molar-refractivity contribution is 7.13. The van der Waals surface area contributed by atoms with E-state index in [9.17, 15) is 18.0 Å². The Labute approximate surface area is 155 Å². The molecule has 4 aromatic rings. The lowest BCUT2D eigenvalue weighted by molar-refractivity contribution is 0.102. The van der Waals surface area contributed by atoms with Crippen molar-refractivity contribution >= 4 is 33.4 Å². The SMILES string of the molecule is O=C(Nc1nccs1)c1cccc2c1ncn2-c1ccc(F)cc1C(F)F. The minimum atomic E-state index is -2.86. The number of rotatable bonds is 4. The first-order chi connectivity index (χ1) is 13.0. The number of carbonyl (C=O) groups excluding carboxylic acids is 1. The quantitative estimate of drug-likeness (QED) is 0.546. The Hall–Kier alpha value is -3.20. The average Bonchev–Trinajstić information content (AvgIpc) is 3.31. The van der Waals surface area contributed by atoms with Crippen LogP contribution in [-0.4, -0.2) is 20.4 Å². The number of carbonyl (C=O) groups is 1. The Morgan fingerprint density at radius 3 is 2.78 bits per heavy atom. The Bertz CT molecular complexity index is 1130. The van der Waals surface area contributed by atoms with Crippen LogP contribution in [0.1, 0.15) is 22.3 Å². The van der Waals surface area contributed by atoms with E-state index in [2.05, 4.69) is 15.3 Å². The van der Waals surface area contributed by atoms with Gasteiger partial charge in [0.2, 0.25) is 0 Å². The van der Waals surface area contributed by atoms with Gasteiger partial charge in [-0.1, -0.05) is 6.07 Å². The summed E-state index contributed by atoms with van der Waals surface area (Å²) in [6, 6.07) is 8.03. The summed E-state index contributed by atoms with van der Waals surface area (Å²) in [7, 11) is 0. The summed E-state index contributed by atoms with van der Waals surface area (Å²) < 4.78 is 41.5. The van der Waals surface area contributed by atoms with Crippen LogP contribution in [0.3, 0.4) is 0 Å². The summed E-state index contributed by atoms with van der Waals surface area (Å²) in [6.07, 6.45) is 0.0458. The third-order valence-corrected chi connectivity index (χ3v) is 4.65. The molecule has 27 heavy (non-hydrogen) atoms. The second-order valence-corrected chi connectivity index (χ2v) is 6.48. The molecule has 0 aliphatic rings. The Kier molecular flexibility index (Phi) is 4.36. The maximum Gasteiger partial charge on any atom is 0.265 e. The number of benzene rings is 2. The number of nitrogens with zero attached hydrogens (tertiary/aromatic N) is 3. The molecule has 1 N–H and O–H groups in total. The fraction of sp³-hybridized carbons (Fsp3) is 0.0556. The molecule has 0 radical (unpaired) electrons. The van der Waals surface area contributed by atoms with E-state index < -0.39 is 23.7 Å². The normalized spacial score (nSPS) is 11.3. The van der Waals surface area contributed by atoms with Crippen LogP contribution < -0.4 is 5.32 Å². The van der Waals surface area contributed by atoms with Gasteiger partial charge in [-0.15, -0.1) is 11.3 Å². The molecule has 5 nitrogen and oxygen atoms in total. The van der Waals surface area contributed by atoms with Crippen molar-refractivity contribution in [3.63, 3.8) is 0 Å². The zero-order chi connectivity index (χ0) is 19.0. The third kappa shape index (κ3) is 3.17. The molecule has 2 aromatic heterocycles. The zero-order valence-corrected chi connectivity index (χ0v) is 14.4. The minimum Gasteiger partial charge on any atom is -0.298 e. The van der Waals surface area contributed by atoms with E-state index in [0.29, 0.717) is 16.2 Å². The third-order valence-electron chi connectivity index (χ3n) is 3.96. The molecule has 0 saturated carbocycles. The van der Waals surface area contributed by atoms with Gasteiger partial charge in [-0.05, 0) is 30.3 Å². The number of hydrogen-bond acceptors (Lipinski definition) is 4. The van der Waals surface area contributed by atoms with Gasteiger partial charge in [-0.25, -0.2) is 23.1 Å². The lowest BCUT2D eigenvalue weighted by atomic mass is 10.1. The molecule has 1 amide bonds. The van der Waals surface area contributed by atoms with E-state index in [0.717, 1.165) is 12.1 Å². The first-order valence-electron chi connectivity index (χ1n) is 7.79. The monoisotopic (exact) mass is 388 g/mol. The summed E-state index contributed by atoms with van der Waals surface area (Å²) in [6.45, 7) is 0. The van der Waals surface area contributed by atoms with Gasteiger partial charge in [0.1, 0.15) is 17.7 Å². The molecule has 2 heterocycles. The number of thiazole rings is 1. The van der Waals surface area contributed by atoms with Crippen LogP contribution in [0, 0.1) is 5.82 Å². The topological polar surface area (TPSA) is 59.8 Å². The highest BCUT2D eigenvalue weighted by Crippen LogP contribution is 2.30. The molecule has 2 aromatic carbocycles. The maximum absolute atomic E-state index is 13.4. The highest BCUT2D eigenvalue weighted by atomic mass is 32.1. The molecule has 0 fully saturated rings. The number of hydrogen-bond donors (Lipinski definition) is 1. The van der Waals surface area contributed by atoms with Crippen molar-refractivity contribution in [2.24, 2.45) is 0 Å². The Balaban J connectivity index is 1.81. The molecule has 0 atom stereocenters. The van der Waals surface area contributed by atoms with Crippen molar-refractivity contribution in [3.8, 4) is 5.69 Å². The van der Waals surface area contributed by atoms with E-state index in [1.165, 1.54) is 28.3 Å². The molecular weight excluding hydrogens is 377 g/mol. The average molecular weight is 388 g/mol. The van der Waals surface area contributed by atoms with Crippen molar-refractivity contribution in [3.05, 3.63) is 71.2 Å². The Morgan fingerprint density at radius 1 is 1.19 bits per heavy atom. The molecule has 0 bridgehead atoms. The van der Waals surface area contributed by atoms with Gasteiger partial charge in [-0.2, -0.15) is 0 Å². The number of halogens is 3. The van der Waals surface area contributed by atoms with Crippen LogP contribution in [0.15, 0.2) is 54.3 Å². The van der Waals surface area contributed by atoms with Gasteiger partial charge in [0.15, 0.2) is 5.13 Å².